The second kappa shape index (κ2) is 12.2. The van der Waals surface area contributed by atoms with Gasteiger partial charge in [-0.3, -0.25) is 0 Å². The Morgan fingerprint density at radius 2 is 0.978 bits per heavy atom. The molecule has 2 heterocycles. The van der Waals surface area contributed by atoms with Gasteiger partial charge in [0.05, 0.1) is 22.5 Å². The summed E-state index contributed by atoms with van der Waals surface area (Å²) in [6.07, 6.45) is 5.63. The van der Waals surface area contributed by atoms with Crippen LogP contribution in [0.1, 0.15) is 126 Å². The molecule has 0 bridgehead atoms. The summed E-state index contributed by atoms with van der Waals surface area (Å²) in [6, 6.07) is 19.6. The summed E-state index contributed by atoms with van der Waals surface area (Å²) in [5, 5.41) is 9.67. The second-order valence-corrected chi connectivity index (χ2v) is 15.2. The fourth-order valence-corrected chi connectivity index (χ4v) is 7.24. The number of hydrogen-bond acceptors (Lipinski definition) is 7. The summed E-state index contributed by atoms with van der Waals surface area (Å²) >= 11 is 0. The van der Waals surface area contributed by atoms with Gasteiger partial charge in [-0.25, -0.2) is 14.2 Å². The molecule has 0 radical (unpaired) electrons. The van der Waals surface area contributed by atoms with E-state index in [0.29, 0.717) is 46.8 Å². The molecule has 0 amide bonds. The van der Waals surface area contributed by atoms with Gasteiger partial charge in [-0.15, -0.1) is 0 Å². The number of nitrogen functional groups attached to an aromatic ring is 2. The van der Waals surface area contributed by atoms with E-state index in [1.165, 1.54) is 11.1 Å². The molecule has 0 saturated heterocycles. The van der Waals surface area contributed by atoms with E-state index in [1.54, 1.807) is 0 Å². The molecular weight excluding hydrogens is 576 g/mol. The minimum absolute atomic E-state index is 0.144. The summed E-state index contributed by atoms with van der Waals surface area (Å²) < 4.78 is 14.8. The molecule has 2 aliphatic rings. The molecule has 9 nitrogen and oxygen atoms in total. The minimum Gasteiger partial charge on any atom is -0.395 e. The Hall–Kier alpha value is -4.27. The van der Waals surface area contributed by atoms with E-state index >= 15 is 0 Å². The van der Waals surface area contributed by atoms with Gasteiger partial charge < -0.3 is 20.9 Å². The van der Waals surface area contributed by atoms with Crippen molar-refractivity contribution in [2.75, 3.05) is 11.5 Å². The zero-order valence-corrected chi connectivity index (χ0v) is 28.0. The van der Waals surface area contributed by atoms with E-state index < -0.39 is 6.16 Å². The lowest BCUT2D eigenvalue weighted by Crippen LogP contribution is -2.24. The Labute approximate surface area is 272 Å². The topological polar surface area (TPSA) is 123 Å². The number of rotatable bonds is 6. The average molecular weight is 625 g/mol. The minimum atomic E-state index is -0.749. The highest BCUT2D eigenvalue weighted by Gasteiger charge is 2.32. The summed E-state index contributed by atoms with van der Waals surface area (Å²) in [7, 11) is 0. The quantitative estimate of drug-likeness (QED) is 0.163. The first-order valence-corrected chi connectivity index (χ1v) is 16.6. The number of benzene rings is 2. The molecule has 9 heteroatoms. The molecule has 0 spiro atoms. The maximum atomic E-state index is 12.6. The van der Waals surface area contributed by atoms with E-state index in [-0.39, 0.29) is 11.1 Å². The molecule has 4 unspecified atom stereocenters. The van der Waals surface area contributed by atoms with Gasteiger partial charge in [0.1, 0.15) is 23.1 Å². The van der Waals surface area contributed by atoms with Crippen molar-refractivity contribution in [2.45, 2.75) is 115 Å². The van der Waals surface area contributed by atoms with Crippen LogP contribution in [0.5, 0.6) is 11.5 Å². The zero-order chi connectivity index (χ0) is 32.8. The number of nitrogens with zero attached hydrogens (tertiary/aromatic N) is 4. The van der Waals surface area contributed by atoms with Crippen molar-refractivity contribution in [3.05, 3.63) is 83.2 Å². The maximum absolute atomic E-state index is 12.6. The van der Waals surface area contributed by atoms with E-state index in [4.69, 9.17) is 31.1 Å². The van der Waals surface area contributed by atoms with E-state index in [9.17, 15) is 4.79 Å². The predicted octanol–water partition coefficient (Wildman–Crippen LogP) is 8.43. The average Bonchev–Trinajstić information content (AvgIpc) is 3.79. The number of carbonyl (C=O) groups excluding carboxylic acids is 1. The molecule has 6 rings (SSSR count). The maximum Gasteiger partial charge on any atom is 0.519 e. The second-order valence-electron chi connectivity index (χ2n) is 15.2. The molecule has 2 saturated carbocycles. The van der Waals surface area contributed by atoms with Gasteiger partial charge >= 0.3 is 6.16 Å². The van der Waals surface area contributed by atoms with Crippen molar-refractivity contribution in [1.82, 2.24) is 19.6 Å². The highest BCUT2D eigenvalue weighted by molar-refractivity contribution is 5.67. The first kappa shape index (κ1) is 31.7. The number of nitrogens with two attached hydrogens (primary N) is 2. The third-order valence-electron chi connectivity index (χ3n) is 9.59. The third kappa shape index (κ3) is 6.78. The monoisotopic (exact) mass is 624 g/mol. The Morgan fingerprint density at radius 1 is 0.630 bits per heavy atom. The van der Waals surface area contributed by atoms with Gasteiger partial charge in [0.15, 0.2) is 0 Å². The summed E-state index contributed by atoms with van der Waals surface area (Å²) in [4.78, 5) is 12.6. The van der Waals surface area contributed by atoms with Crippen LogP contribution in [0.25, 0.3) is 0 Å². The fraction of sp³-hybridized carbons (Fsp3) is 0.486. The lowest BCUT2D eigenvalue weighted by atomic mass is 9.95. The van der Waals surface area contributed by atoms with Crippen LogP contribution in [0.2, 0.25) is 0 Å². The van der Waals surface area contributed by atoms with Crippen LogP contribution in [-0.2, 0) is 11.1 Å². The molecule has 46 heavy (non-hydrogen) atoms. The van der Waals surface area contributed by atoms with Crippen molar-refractivity contribution in [3.8, 4) is 11.5 Å². The normalized spacial score (nSPS) is 21.9. The third-order valence-corrected chi connectivity index (χ3v) is 9.59. The molecule has 2 aromatic heterocycles. The summed E-state index contributed by atoms with van der Waals surface area (Å²) in [6.45, 7) is 12.7. The van der Waals surface area contributed by atoms with Crippen molar-refractivity contribution in [2.24, 2.45) is 0 Å². The fourth-order valence-electron chi connectivity index (χ4n) is 7.24. The van der Waals surface area contributed by atoms with Crippen LogP contribution >= 0.6 is 0 Å². The van der Waals surface area contributed by atoms with E-state index in [2.05, 4.69) is 41.5 Å². The van der Waals surface area contributed by atoms with E-state index in [1.807, 2.05) is 70.0 Å². The molecule has 4 atom stereocenters. The van der Waals surface area contributed by atoms with Crippen LogP contribution in [0.4, 0.5) is 16.4 Å². The molecule has 2 aliphatic carbocycles. The van der Waals surface area contributed by atoms with Gasteiger partial charge in [-0.1, -0.05) is 24.3 Å². The van der Waals surface area contributed by atoms with Gasteiger partial charge in [-0.05, 0) is 127 Å². The molecule has 4 aromatic rings. The number of aromatic nitrogens is 4. The smallest absolute Gasteiger partial charge is 0.395 e. The van der Waals surface area contributed by atoms with Crippen LogP contribution in [0.3, 0.4) is 0 Å². The van der Waals surface area contributed by atoms with Crippen molar-refractivity contribution in [1.29, 1.82) is 0 Å². The first-order valence-electron chi connectivity index (χ1n) is 16.6. The van der Waals surface area contributed by atoms with Gasteiger partial charge in [0, 0.05) is 24.0 Å². The number of ether oxygens (including phenoxy) is 2. The first-order chi connectivity index (χ1) is 21.7. The Kier molecular flexibility index (Phi) is 8.38. The molecule has 0 aliphatic heterocycles. The largest absolute Gasteiger partial charge is 0.519 e. The van der Waals surface area contributed by atoms with Crippen LogP contribution in [0, 0.1) is 0 Å². The molecule has 4 N–H and O–H groups in total. The molecule has 2 aromatic carbocycles. The van der Waals surface area contributed by atoms with Crippen molar-refractivity contribution in [3.63, 3.8) is 0 Å². The lowest BCUT2D eigenvalue weighted by molar-refractivity contribution is 0.152. The zero-order valence-electron chi connectivity index (χ0n) is 28.0. The SMILES string of the molecule is CC(C)(C)n1nc(C2CCC(c3ccc(OC(=O)Oc4ccc(C5CCC(c6cc(N)n(C(C)(C)C)n6)C5)cc4)cc3)C2)cc1N. The van der Waals surface area contributed by atoms with E-state index in [0.717, 1.165) is 49.9 Å². The number of anilines is 2. The Morgan fingerprint density at radius 3 is 1.30 bits per heavy atom. The summed E-state index contributed by atoms with van der Waals surface area (Å²) in [5.74, 6) is 3.99. The van der Waals surface area contributed by atoms with Crippen LogP contribution in [-0.4, -0.2) is 25.7 Å². The number of carbonyl (C=O) groups is 1. The highest BCUT2D eigenvalue weighted by Crippen LogP contribution is 2.45. The standard InChI is InChI=1S/C37H48N6O3/c1-36(2,3)42-33(38)21-31(40-42)27-9-7-25(19-27)23-11-15-29(16-12-23)45-35(44)46-30-17-13-24(14-18-30)26-8-10-28(20-26)32-22-34(39)43(41-32)37(4,5)6/h11-18,21-22,25-28H,7-10,19-20,38-39H2,1-6H3. The van der Waals surface area contributed by atoms with Gasteiger partial charge in [0.25, 0.3) is 0 Å². The molecule has 2 fully saturated rings. The predicted molar refractivity (Wildman–Crippen MR) is 181 cm³/mol. The highest BCUT2D eigenvalue weighted by atomic mass is 16.7. The number of hydrogen-bond donors (Lipinski definition) is 2. The van der Waals surface area contributed by atoms with Crippen LogP contribution < -0.4 is 20.9 Å². The van der Waals surface area contributed by atoms with Crippen molar-refractivity contribution >= 4 is 17.8 Å². The molecule has 244 valence electrons. The Balaban J connectivity index is 0.994. The van der Waals surface area contributed by atoms with Gasteiger partial charge in [0.2, 0.25) is 0 Å². The molecular formula is C37H48N6O3. The lowest BCUT2D eigenvalue weighted by Gasteiger charge is -2.20. The Bertz CT molecular complexity index is 1550. The van der Waals surface area contributed by atoms with Crippen molar-refractivity contribution < 1.29 is 14.3 Å². The van der Waals surface area contributed by atoms with Crippen LogP contribution in [0.15, 0.2) is 60.7 Å². The van der Waals surface area contributed by atoms with Gasteiger partial charge in [-0.2, -0.15) is 10.2 Å². The summed E-state index contributed by atoms with van der Waals surface area (Å²) in [5.41, 5.74) is 16.9.